The summed E-state index contributed by atoms with van der Waals surface area (Å²) in [6.45, 7) is 0.988. The van der Waals surface area contributed by atoms with E-state index in [0.717, 1.165) is 24.4 Å². The highest BCUT2D eigenvalue weighted by atomic mass is 35.5. The summed E-state index contributed by atoms with van der Waals surface area (Å²) in [6, 6.07) is 9.95. The predicted octanol–water partition coefficient (Wildman–Crippen LogP) is 2.79. The monoisotopic (exact) mass is 250 g/mol. The third kappa shape index (κ3) is 2.22. The second-order valence-electron chi connectivity index (χ2n) is 5.38. The van der Waals surface area contributed by atoms with E-state index < -0.39 is 0 Å². The Balaban J connectivity index is 1.76. The van der Waals surface area contributed by atoms with E-state index in [4.69, 9.17) is 17.3 Å². The summed E-state index contributed by atoms with van der Waals surface area (Å²) < 4.78 is 0. The maximum atomic E-state index is 6.24. The standard InChI is InChI=1S/C14H19ClN2/c15-14-4-2-1-3-10(14)9-17-12-5-6-13(17)8-11(16)7-12/h1-4,11-13H,5-9,16H2. The molecule has 92 valence electrons. The molecule has 0 amide bonds. The average Bonchev–Trinajstić information content (AvgIpc) is 2.56. The Labute approximate surface area is 108 Å². The molecule has 2 heterocycles. The molecule has 2 aliphatic rings. The Morgan fingerprint density at radius 3 is 2.47 bits per heavy atom. The van der Waals surface area contributed by atoms with Crippen molar-refractivity contribution in [3.05, 3.63) is 34.9 Å². The van der Waals surface area contributed by atoms with Gasteiger partial charge in [0.25, 0.3) is 0 Å². The number of rotatable bonds is 2. The molecule has 3 rings (SSSR count). The third-order valence-electron chi connectivity index (χ3n) is 4.23. The Bertz CT molecular complexity index is 393. The highest BCUT2D eigenvalue weighted by molar-refractivity contribution is 6.31. The van der Waals surface area contributed by atoms with Crippen LogP contribution in [0.15, 0.2) is 24.3 Å². The number of benzene rings is 1. The number of nitrogens with zero attached hydrogens (tertiary/aromatic N) is 1. The second-order valence-corrected chi connectivity index (χ2v) is 5.79. The number of hydrogen-bond donors (Lipinski definition) is 1. The summed E-state index contributed by atoms with van der Waals surface area (Å²) in [5.41, 5.74) is 7.34. The molecule has 0 radical (unpaired) electrons. The van der Waals surface area contributed by atoms with Gasteiger partial charge in [0.15, 0.2) is 0 Å². The van der Waals surface area contributed by atoms with Gasteiger partial charge in [-0.2, -0.15) is 0 Å². The fourth-order valence-electron chi connectivity index (χ4n) is 3.40. The van der Waals surface area contributed by atoms with Crippen molar-refractivity contribution in [1.29, 1.82) is 0 Å². The third-order valence-corrected chi connectivity index (χ3v) is 4.60. The van der Waals surface area contributed by atoms with Crippen LogP contribution in [0, 0.1) is 0 Å². The number of nitrogens with two attached hydrogens (primary N) is 1. The van der Waals surface area contributed by atoms with Gasteiger partial charge in [-0.3, -0.25) is 4.90 Å². The first-order valence-electron chi connectivity index (χ1n) is 6.49. The molecular weight excluding hydrogens is 232 g/mol. The van der Waals surface area contributed by atoms with Gasteiger partial charge in [-0.15, -0.1) is 0 Å². The molecule has 1 aromatic rings. The maximum Gasteiger partial charge on any atom is 0.0451 e. The van der Waals surface area contributed by atoms with Crippen molar-refractivity contribution >= 4 is 11.6 Å². The maximum absolute atomic E-state index is 6.24. The van der Waals surface area contributed by atoms with Crippen molar-refractivity contribution in [2.75, 3.05) is 0 Å². The van der Waals surface area contributed by atoms with Crippen molar-refractivity contribution < 1.29 is 0 Å². The van der Waals surface area contributed by atoms with Crippen LogP contribution in [0.1, 0.15) is 31.2 Å². The van der Waals surface area contributed by atoms with E-state index in [1.54, 1.807) is 0 Å². The van der Waals surface area contributed by atoms with Gasteiger partial charge < -0.3 is 5.73 Å². The highest BCUT2D eigenvalue weighted by Crippen LogP contribution is 2.36. The number of hydrogen-bond acceptors (Lipinski definition) is 2. The van der Waals surface area contributed by atoms with Crippen molar-refractivity contribution in [2.24, 2.45) is 5.73 Å². The molecule has 2 unspecified atom stereocenters. The lowest BCUT2D eigenvalue weighted by atomic mass is 9.97. The second kappa shape index (κ2) is 4.60. The Kier molecular flexibility index (Phi) is 3.12. The van der Waals surface area contributed by atoms with Gasteiger partial charge in [0.2, 0.25) is 0 Å². The molecule has 2 saturated heterocycles. The largest absolute Gasteiger partial charge is 0.328 e. The molecule has 2 nitrogen and oxygen atoms in total. The molecule has 2 aliphatic heterocycles. The van der Waals surface area contributed by atoms with Crippen molar-refractivity contribution in [3.63, 3.8) is 0 Å². The normalized spacial score (nSPS) is 32.9. The van der Waals surface area contributed by atoms with Crippen LogP contribution in [0.3, 0.4) is 0 Å². The first-order valence-corrected chi connectivity index (χ1v) is 6.86. The fourth-order valence-corrected chi connectivity index (χ4v) is 3.59. The van der Waals surface area contributed by atoms with Crippen LogP contribution in [-0.2, 0) is 6.54 Å². The zero-order valence-corrected chi connectivity index (χ0v) is 10.7. The predicted molar refractivity (Wildman–Crippen MR) is 71.0 cm³/mol. The van der Waals surface area contributed by atoms with Gasteiger partial charge >= 0.3 is 0 Å². The van der Waals surface area contributed by atoms with E-state index in [1.165, 1.54) is 18.4 Å². The van der Waals surface area contributed by atoms with Crippen molar-refractivity contribution in [3.8, 4) is 0 Å². The zero-order chi connectivity index (χ0) is 11.8. The molecule has 0 aliphatic carbocycles. The van der Waals surface area contributed by atoms with Crippen LogP contribution in [0.4, 0.5) is 0 Å². The van der Waals surface area contributed by atoms with Gasteiger partial charge in [0, 0.05) is 29.7 Å². The summed E-state index contributed by atoms with van der Waals surface area (Å²) in [5, 5.41) is 0.891. The zero-order valence-electron chi connectivity index (χ0n) is 9.98. The van der Waals surface area contributed by atoms with Crippen molar-refractivity contribution in [2.45, 2.75) is 50.4 Å². The van der Waals surface area contributed by atoms with E-state index in [1.807, 2.05) is 12.1 Å². The van der Waals surface area contributed by atoms with Crippen LogP contribution < -0.4 is 5.73 Å². The van der Waals surface area contributed by atoms with E-state index in [2.05, 4.69) is 17.0 Å². The number of fused-ring (bicyclic) bond motifs is 2. The van der Waals surface area contributed by atoms with Crippen LogP contribution in [0.2, 0.25) is 5.02 Å². The lowest BCUT2D eigenvalue weighted by molar-refractivity contribution is 0.120. The van der Waals surface area contributed by atoms with Gasteiger partial charge in [0.05, 0.1) is 0 Å². The molecule has 3 heteroatoms. The molecule has 0 spiro atoms. The van der Waals surface area contributed by atoms with Gasteiger partial charge in [0.1, 0.15) is 0 Å². The molecule has 0 saturated carbocycles. The highest BCUT2D eigenvalue weighted by Gasteiger charge is 2.39. The molecule has 17 heavy (non-hydrogen) atoms. The van der Waals surface area contributed by atoms with Gasteiger partial charge in [-0.25, -0.2) is 0 Å². The first-order chi connectivity index (χ1) is 8.24. The van der Waals surface area contributed by atoms with E-state index in [0.29, 0.717) is 18.1 Å². The first kappa shape index (κ1) is 11.5. The number of piperidine rings is 1. The minimum absolute atomic E-state index is 0.412. The summed E-state index contributed by atoms with van der Waals surface area (Å²) in [7, 11) is 0. The van der Waals surface area contributed by atoms with E-state index in [-0.39, 0.29) is 0 Å². The number of halogens is 1. The summed E-state index contributed by atoms with van der Waals surface area (Å²) in [6.07, 6.45) is 4.92. The van der Waals surface area contributed by atoms with Crippen LogP contribution in [0.5, 0.6) is 0 Å². The topological polar surface area (TPSA) is 29.3 Å². The minimum atomic E-state index is 0.412. The van der Waals surface area contributed by atoms with Crippen LogP contribution in [0.25, 0.3) is 0 Å². The Morgan fingerprint density at radius 2 is 1.82 bits per heavy atom. The molecule has 2 N–H and O–H groups in total. The lowest BCUT2D eigenvalue weighted by Gasteiger charge is -2.37. The van der Waals surface area contributed by atoms with Gasteiger partial charge in [-0.1, -0.05) is 29.8 Å². The summed E-state index contributed by atoms with van der Waals surface area (Å²) >= 11 is 6.24. The van der Waals surface area contributed by atoms with Crippen LogP contribution >= 0.6 is 11.6 Å². The molecule has 2 bridgehead atoms. The average molecular weight is 251 g/mol. The smallest absolute Gasteiger partial charge is 0.0451 e. The Hall–Kier alpha value is -0.570. The molecule has 1 aromatic carbocycles. The van der Waals surface area contributed by atoms with Crippen molar-refractivity contribution in [1.82, 2.24) is 4.90 Å². The van der Waals surface area contributed by atoms with E-state index in [9.17, 15) is 0 Å². The SMILES string of the molecule is NC1CC2CCC(C1)N2Cc1ccccc1Cl. The van der Waals surface area contributed by atoms with Gasteiger partial charge in [-0.05, 0) is 37.3 Å². The molecule has 2 fully saturated rings. The quantitative estimate of drug-likeness (QED) is 0.875. The Morgan fingerprint density at radius 1 is 1.18 bits per heavy atom. The molecule has 0 aromatic heterocycles. The summed E-state index contributed by atoms with van der Waals surface area (Å²) in [4.78, 5) is 2.62. The minimum Gasteiger partial charge on any atom is -0.328 e. The summed E-state index contributed by atoms with van der Waals surface area (Å²) in [5.74, 6) is 0. The fraction of sp³-hybridized carbons (Fsp3) is 0.571. The molecular formula is C14H19ClN2. The van der Waals surface area contributed by atoms with E-state index >= 15 is 0 Å². The lowest BCUT2D eigenvalue weighted by Crippen LogP contribution is -2.46. The van der Waals surface area contributed by atoms with Crippen LogP contribution in [-0.4, -0.2) is 23.0 Å². The molecule has 2 atom stereocenters.